The molecule has 1 aliphatic carbocycles. The van der Waals surface area contributed by atoms with Crippen molar-refractivity contribution in [3.8, 4) is 17.1 Å². The molecule has 0 radical (unpaired) electrons. The number of ether oxygens (including phenoxy) is 1. The molecule has 1 aromatic carbocycles. The van der Waals surface area contributed by atoms with E-state index in [9.17, 15) is 13.2 Å². The highest BCUT2D eigenvalue weighted by molar-refractivity contribution is 7.91. The number of hydrogen-bond donors (Lipinski definition) is 1. The summed E-state index contributed by atoms with van der Waals surface area (Å²) in [4.78, 5) is 17.6. The third-order valence-corrected chi connectivity index (χ3v) is 11.5. The summed E-state index contributed by atoms with van der Waals surface area (Å²) in [5.41, 5.74) is 12.8. The number of likely N-dealkylation sites (tertiary alicyclic amines) is 1. The van der Waals surface area contributed by atoms with Gasteiger partial charge in [-0.05, 0) is 75.6 Å². The van der Waals surface area contributed by atoms with Gasteiger partial charge in [-0.1, -0.05) is 6.07 Å². The average molecular weight is 619 g/mol. The molecule has 2 saturated heterocycles. The van der Waals surface area contributed by atoms with E-state index in [0.29, 0.717) is 43.2 Å². The Balaban J connectivity index is 1.27. The first-order chi connectivity index (χ1) is 21.1. The van der Waals surface area contributed by atoms with Gasteiger partial charge in [0.25, 0.3) is 5.91 Å². The Bertz CT molecular complexity index is 1850. The number of aromatic nitrogens is 3. The first-order valence-corrected chi connectivity index (χ1v) is 17.8. The van der Waals surface area contributed by atoms with Crippen LogP contribution >= 0.6 is 0 Å². The SMILES string of the molecule is COc1cc(C(=O)N2CCC[C@@H](N)C2)cn2nc(-c3cc4ccc(N5CCC(S(C)(=O)=O)CC5)cc4n3CC3CC3)c(C)c12. The molecular weight excluding hydrogens is 576 g/mol. The van der Waals surface area contributed by atoms with Gasteiger partial charge >= 0.3 is 0 Å². The van der Waals surface area contributed by atoms with Gasteiger partial charge in [0.2, 0.25) is 0 Å². The van der Waals surface area contributed by atoms with E-state index in [1.54, 1.807) is 11.6 Å². The van der Waals surface area contributed by atoms with Crippen molar-refractivity contribution in [3.05, 3.63) is 47.7 Å². The number of carbonyl (C=O) groups excluding carboxylic acids is 1. The second-order valence-corrected chi connectivity index (χ2v) is 15.4. The fourth-order valence-electron chi connectivity index (χ4n) is 7.11. The van der Waals surface area contributed by atoms with Crippen LogP contribution in [0.2, 0.25) is 0 Å². The number of fused-ring (bicyclic) bond motifs is 2. The molecule has 3 fully saturated rings. The minimum absolute atomic E-state index is 0.00472. The Hall–Kier alpha value is -3.57. The number of amides is 1. The van der Waals surface area contributed by atoms with E-state index in [4.69, 9.17) is 15.6 Å². The number of nitrogens with two attached hydrogens (primary N) is 1. The highest BCUT2D eigenvalue weighted by Gasteiger charge is 2.30. The lowest BCUT2D eigenvalue weighted by atomic mass is 10.1. The molecule has 10 nitrogen and oxygen atoms in total. The Morgan fingerprint density at radius 2 is 1.84 bits per heavy atom. The molecule has 0 bridgehead atoms. The highest BCUT2D eigenvalue weighted by Crippen LogP contribution is 2.39. The zero-order valence-corrected chi connectivity index (χ0v) is 26.6. The van der Waals surface area contributed by atoms with E-state index >= 15 is 0 Å². The molecule has 2 aliphatic heterocycles. The van der Waals surface area contributed by atoms with Crippen LogP contribution in [0.4, 0.5) is 5.69 Å². The van der Waals surface area contributed by atoms with Crippen LogP contribution in [0, 0.1) is 12.8 Å². The van der Waals surface area contributed by atoms with Crippen molar-refractivity contribution in [3.63, 3.8) is 0 Å². The Labute approximate surface area is 258 Å². The van der Waals surface area contributed by atoms with Crippen molar-refractivity contribution in [1.29, 1.82) is 0 Å². The van der Waals surface area contributed by atoms with Crippen LogP contribution in [0.5, 0.6) is 5.75 Å². The molecular formula is C33H42N6O4S. The number of aryl methyl sites for hydroxylation is 1. The highest BCUT2D eigenvalue weighted by atomic mass is 32.2. The zero-order valence-electron chi connectivity index (χ0n) is 25.8. The maximum atomic E-state index is 13.5. The second kappa shape index (κ2) is 11.1. The molecule has 0 spiro atoms. The fourth-order valence-corrected chi connectivity index (χ4v) is 8.18. The number of sulfone groups is 1. The smallest absolute Gasteiger partial charge is 0.255 e. The predicted octanol–water partition coefficient (Wildman–Crippen LogP) is 4.26. The summed E-state index contributed by atoms with van der Waals surface area (Å²) in [6.45, 7) is 5.71. The maximum Gasteiger partial charge on any atom is 0.255 e. The molecule has 1 saturated carbocycles. The monoisotopic (exact) mass is 618 g/mol. The zero-order chi connectivity index (χ0) is 30.7. The van der Waals surface area contributed by atoms with Gasteiger partial charge in [-0.25, -0.2) is 12.9 Å². The Morgan fingerprint density at radius 1 is 1.07 bits per heavy atom. The topological polar surface area (TPSA) is 115 Å². The number of rotatable bonds is 7. The Morgan fingerprint density at radius 3 is 2.52 bits per heavy atom. The van der Waals surface area contributed by atoms with E-state index in [1.165, 1.54) is 19.1 Å². The summed E-state index contributed by atoms with van der Waals surface area (Å²) in [5, 5.41) is 5.97. The molecule has 0 unspecified atom stereocenters. The van der Waals surface area contributed by atoms with Crippen LogP contribution in [-0.2, 0) is 16.4 Å². The lowest BCUT2D eigenvalue weighted by Crippen LogP contribution is -2.45. The minimum Gasteiger partial charge on any atom is -0.494 e. The Kier molecular flexibility index (Phi) is 7.36. The lowest BCUT2D eigenvalue weighted by molar-refractivity contribution is 0.0707. The van der Waals surface area contributed by atoms with Gasteiger partial charge in [0.05, 0.1) is 29.1 Å². The molecule has 2 N–H and O–H groups in total. The van der Waals surface area contributed by atoms with Crippen molar-refractivity contribution in [2.75, 3.05) is 44.4 Å². The summed E-state index contributed by atoms with van der Waals surface area (Å²) in [6, 6.07) is 10.6. The maximum absolute atomic E-state index is 13.5. The molecule has 7 rings (SSSR count). The van der Waals surface area contributed by atoms with E-state index in [2.05, 4.69) is 40.7 Å². The van der Waals surface area contributed by atoms with Crippen molar-refractivity contribution in [1.82, 2.24) is 19.1 Å². The van der Waals surface area contributed by atoms with Gasteiger partial charge in [-0.2, -0.15) is 5.10 Å². The number of piperidine rings is 2. The van der Waals surface area contributed by atoms with E-state index in [-0.39, 0.29) is 17.2 Å². The van der Waals surface area contributed by atoms with Crippen LogP contribution in [0.15, 0.2) is 36.5 Å². The van der Waals surface area contributed by atoms with Crippen molar-refractivity contribution >= 4 is 37.9 Å². The van der Waals surface area contributed by atoms with Gasteiger partial charge in [0.1, 0.15) is 26.8 Å². The standard InChI is InChI=1S/C33H42N6O4S/c1-21-31(35-39-19-24(16-30(43-2)32(21)39)33(40)37-12-4-5-25(34)20-37)29-15-23-8-9-26(17-28(23)38(29)18-22-6-7-22)36-13-10-27(11-14-36)44(3,41)42/h8-9,15-17,19,22,25,27H,4-7,10-14,18,20,34H2,1-3H3/t25-/m1/s1. The molecule has 3 aliphatic rings. The second-order valence-electron chi connectivity index (χ2n) is 13.1. The van der Waals surface area contributed by atoms with Gasteiger partial charge in [-0.15, -0.1) is 0 Å². The van der Waals surface area contributed by atoms with Crippen LogP contribution in [0.25, 0.3) is 27.8 Å². The number of anilines is 1. The summed E-state index contributed by atoms with van der Waals surface area (Å²) < 4.78 is 34.2. The number of hydrogen-bond acceptors (Lipinski definition) is 7. The first-order valence-electron chi connectivity index (χ1n) is 15.8. The van der Waals surface area contributed by atoms with Crippen molar-refractivity contribution < 1.29 is 17.9 Å². The predicted molar refractivity (Wildman–Crippen MR) is 173 cm³/mol. The summed E-state index contributed by atoms with van der Waals surface area (Å²) in [7, 11) is -1.38. The fraction of sp³-hybridized carbons (Fsp3) is 0.515. The van der Waals surface area contributed by atoms with Gasteiger partial charge in [0, 0.05) is 67.9 Å². The molecule has 44 heavy (non-hydrogen) atoms. The molecule has 4 aromatic rings. The number of nitrogens with zero attached hydrogens (tertiary/aromatic N) is 5. The molecule has 234 valence electrons. The van der Waals surface area contributed by atoms with Gasteiger partial charge in [0.15, 0.2) is 0 Å². The molecule has 3 aromatic heterocycles. The quantitative estimate of drug-likeness (QED) is 0.329. The average Bonchev–Trinajstić information content (AvgIpc) is 3.69. The minimum atomic E-state index is -3.02. The molecule has 1 amide bonds. The number of benzene rings is 1. The van der Waals surface area contributed by atoms with Gasteiger partial charge in [-0.3, -0.25) is 4.79 Å². The third-order valence-electron chi connectivity index (χ3n) is 9.82. The number of carbonyl (C=O) groups is 1. The van der Waals surface area contributed by atoms with E-state index < -0.39 is 9.84 Å². The van der Waals surface area contributed by atoms with E-state index in [0.717, 1.165) is 71.5 Å². The molecule has 11 heteroatoms. The van der Waals surface area contributed by atoms with Crippen LogP contribution in [0.1, 0.15) is 54.4 Å². The summed E-state index contributed by atoms with van der Waals surface area (Å²) >= 11 is 0. The van der Waals surface area contributed by atoms with Crippen LogP contribution in [0.3, 0.4) is 0 Å². The largest absolute Gasteiger partial charge is 0.494 e. The normalized spacial score (nSPS) is 20.1. The van der Waals surface area contributed by atoms with Crippen LogP contribution < -0.4 is 15.4 Å². The number of pyridine rings is 1. The third kappa shape index (κ3) is 5.34. The lowest BCUT2D eigenvalue weighted by Gasteiger charge is -2.33. The summed E-state index contributed by atoms with van der Waals surface area (Å²) in [6.07, 6.45) is 8.78. The molecule has 5 heterocycles. The van der Waals surface area contributed by atoms with Crippen LogP contribution in [-0.4, -0.2) is 84.2 Å². The van der Waals surface area contributed by atoms with E-state index in [1.807, 2.05) is 17.2 Å². The summed E-state index contributed by atoms with van der Waals surface area (Å²) in [5.74, 6) is 1.22. The first kappa shape index (κ1) is 29.2. The van der Waals surface area contributed by atoms with Gasteiger partial charge < -0.3 is 24.8 Å². The van der Waals surface area contributed by atoms with Crippen molar-refractivity contribution in [2.45, 2.75) is 63.3 Å². The van der Waals surface area contributed by atoms with Crippen molar-refractivity contribution in [2.24, 2.45) is 11.7 Å². The number of methoxy groups -OCH3 is 1. The molecule has 1 atom stereocenters.